The summed E-state index contributed by atoms with van der Waals surface area (Å²) in [5.41, 5.74) is 5.13. The van der Waals surface area contributed by atoms with E-state index in [9.17, 15) is 13.6 Å². The number of nitrogens with zero attached hydrogens (tertiary/aromatic N) is 1. The highest BCUT2D eigenvalue weighted by Crippen LogP contribution is 2.16. The number of halogens is 2. The summed E-state index contributed by atoms with van der Waals surface area (Å²) in [5, 5.41) is 8.52. The summed E-state index contributed by atoms with van der Waals surface area (Å²) in [6.45, 7) is 0. The molecule has 0 spiro atoms. The Morgan fingerprint density at radius 3 is 2.73 bits per heavy atom. The second-order valence-corrected chi connectivity index (χ2v) is 3.00. The Hall–Kier alpha value is -1.56. The topological polar surface area (TPSA) is 76.2 Å². The van der Waals surface area contributed by atoms with Crippen LogP contribution < -0.4 is 5.73 Å². The van der Waals surface area contributed by atoms with Gasteiger partial charge in [0.15, 0.2) is 0 Å². The summed E-state index contributed by atoms with van der Waals surface area (Å²) < 4.78 is 24.5. The minimum atomic E-state index is -2.66. The van der Waals surface area contributed by atoms with Crippen LogP contribution in [0.25, 0.3) is 0 Å². The Morgan fingerprint density at radius 2 is 2.20 bits per heavy atom. The molecule has 1 heterocycles. The van der Waals surface area contributed by atoms with Gasteiger partial charge >= 0.3 is 5.97 Å². The fraction of sp³-hybridized carbons (Fsp3) is 0.333. The molecule has 0 saturated heterocycles. The average Bonchev–Trinajstić information content (AvgIpc) is 2.18. The van der Waals surface area contributed by atoms with E-state index in [1.165, 1.54) is 18.2 Å². The maximum absolute atomic E-state index is 12.2. The van der Waals surface area contributed by atoms with Gasteiger partial charge < -0.3 is 10.8 Å². The molecule has 4 nitrogen and oxygen atoms in total. The molecule has 6 heteroatoms. The van der Waals surface area contributed by atoms with Crippen LogP contribution in [0.2, 0.25) is 0 Å². The lowest BCUT2D eigenvalue weighted by atomic mass is 10.1. The zero-order chi connectivity index (χ0) is 11.4. The number of hydrogen-bond acceptors (Lipinski definition) is 3. The lowest BCUT2D eigenvalue weighted by Gasteiger charge is -2.06. The number of carbonyl (C=O) groups is 1. The average molecular weight is 216 g/mol. The van der Waals surface area contributed by atoms with Crippen molar-refractivity contribution in [2.45, 2.75) is 18.9 Å². The van der Waals surface area contributed by atoms with Crippen molar-refractivity contribution in [3.8, 4) is 0 Å². The molecule has 0 bridgehead atoms. The molecule has 82 valence electrons. The van der Waals surface area contributed by atoms with Crippen LogP contribution >= 0.6 is 0 Å². The third kappa shape index (κ3) is 3.25. The van der Waals surface area contributed by atoms with Gasteiger partial charge in [0.2, 0.25) is 0 Å². The first kappa shape index (κ1) is 11.5. The fourth-order valence-electron chi connectivity index (χ4n) is 1.05. The maximum Gasteiger partial charge on any atom is 0.320 e. The third-order valence-corrected chi connectivity index (χ3v) is 1.80. The Kier molecular flexibility index (Phi) is 3.68. The number of nitrogens with two attached hydrogens (primary N) is 1. The second-order valence-electron chi connectivity index (χ2n) is 3.00. The first-order valence-corrected chi connectivity index (χ1v) is 4.23. The molecule has 1 unspecified atom stereocenters. The van der Waals surface area contributed by atoms with Gasteiger partial charge in [0.05, 0.1) is 0 Å². The van der Waals surface area contributed by atoms with Gasteiger partial charge in [0.1, 0.15) is 11.7 Å². The molecule has 0 aliphatic rings. The van der Waals surface area contributed by atoms with E-state index in [0.29, 0.717) is 0 Å². The van der Waals surface area contributed by atoms with Crippen LogP contribution in [0.5, 0.6) is 0 Å². The highest BCUT2D eigenvalue weighted by Gasteiger charge is 2.14. The van der Waals surface area contributed by atoms with E-state index in [1.807, 2.05) is 0 Å². The molecule has 0 fully saturated rings. The largest absolute Gasteiger partial charge is 0.480 e. The Labute approximate surface area is 84.7 Å². The summed E-state index contributed by atoms with van der Waals surface area (Å²) in [7, 11) is 0. The Balaban J connectivity index is 2.78. The van der Waals surface area contributed by atoms with Crippen molar-refractivity contribution >= 4 is 5.97 Å². The van der Waals surface area contributed by atoms with Crippen LogP contribution in [0, 0.1) is 0 Å². The van der Waals surface area contributed by atoms with Gasteiger partial charge in [0, 0.05) is 12.1 Å². The molecule has 1 aromatic rings. The molecule has 3 N–H and O–H groups in total. The number of alkyl halides is 2. The van der Waals surface area contributed by atoms with Gasteiger partial charge in [-0.2, -0.15) is 0 Å². The third-order valence-electron chi connectivity index (χ3n) is 1.80. The molecule has 0 radical (unpaired) electrons. The zero-order valence-corrected chi connectivity index (χ0v) is 7.73. The molecule has 0 amide bonds. The first-order chi connectivity index (χ1) is 7.00. The lowest BCUT2D eigenvalue weighted by molar-refractivity contribution is -0.138. The van der Waals surface area contributed by atoms with E-state index in [1.54, 1.807) is 0 Å². The van der Waals surface area contributed by atoms with E-state index in [0.717, 1.165) is 0 Å². The Bertz CT molecular complexity index is 358. The van der Waals surface area contributed by atoms with Crippen LogP contribution in [0.1, 0.15) is 17.8 Å². The Morgan fingerprint density at radius 1 is 1.53 bits per heavy atom. The highest BCUT2D eigenvalue weighted by molar-refractivity contribution is 5.73. The van der Waals surface area contributed by atoms with E-state index < -0.39 is 18.4 Å². The van der Waals surface area contributed by atoms with E-state index in [2.05, 4.69) is 4.98 Å². The number of hydrogen-bond donors (Lipinski definition) is 2. The SMILES string of the molecule is NC(Cc1cccc(C(F)F)n1)C(=O)O. The van der Waals surface area contributed by atoms with Crippen LogP contribution in [-0.2, 0) is 11.2 Å². The van der Waals surface area contributed by atoms with Gasteiger partial charge in [-0.15, -0.1) is 0 Å². The summed E-state index contributed by atoms with van der Waals surface area (Å²) in [6.07, 6.45) is -2.72. The van der Waals surface area contributed by atoms with Crippen molar-refractivity contribution in [2.75, 3.05) is 0 Å². The first-order valence-electron chi connectivity index (χ1n) is 4.23. The van der Waals surface area contributed by atoms with Gasteiger partial charge in [-0.3, -0.25) is 9.78 Å². The molecule has 1 aromatic heterocycles. The number of rotatable bonds is 4. The molecule has 0 aromatic carbocycles. The number of aromatic nitrogens is 1. The predicted molar refractivity (Wildman–Crippen MR) is 48.5 cm³/mol. The van der Waals surface area contributed by atoms with E-state index in [4.69, 9.17) is 10.8 Å². The summed E-state index contributed by atoms with van der Waals surface area (Å²) in [6, 6.07) is 2.93. The predicted octanol–water partition coefficient (Wildman–Crippen LogP) is 0.974. The molecule has 1 atom stereocenters. The molecular weight excluding hydrogens is 206 g/mol. The van der Waals surface area contributed by atoms with E-state index >= 15 is 0 Å². The number of carboxylic acid groups (broad SMARTS) is 1. The fourth-order valence-corrected chi connectivity index (χ4v) is 1.05. The van der Waals surface area contributed by atoms with Crippen LogP contribution in [-0.4, -0.2) is 22.1 Å². The highest BCUT2D eigenvalue weighted by atomic mass is 19.3. The van der Waals surface area contributed by atoms with Gasteiger partial charge in [-0.1, -0.05) is 6.07 Å². The van der Waals surface area contributed by atoms with Crippen molar-refractivity contribution < 1.29 is 18.7 Å². The second kappa shape index (κ2) is 4.79. The normalized spacial score (nSPS) is 12.8. The molecule has 0 aliphatic carbocycles. The van der Waals surface area contributed by atoms with Crippen LogP contribution in [0.3, 0.4) is 0 Å². The number of aliphatic carboxylic acids is 1. The van der Waals surface area contributed by atoms with Gasteiger partial charge in [-0.05, 0) is 12.1 Å². The molecule has 15 heavy (non-hydrogen) atoms. The molecule has 0 saturated carbocycles. The van der Waals surface area contributed by atoms with Crippen molar-refractivity contribution in [2.24, 2.45) is 5.73 Å². The van der Waals surface area contributed by atoms with Crippen LogP contribution in [0.15, 0.2) is 18.2 Å². The van der Waals surface area contributed by atoms with Crippen molar-refractivity contribution in [1.29, 1.82) is 0 Å². The quantitative estimate of drug-likeness (QED) is 0.786. The summed E-state index contributed by atoms with van der Waals surface area (Å²) in [5.74, 6) is -1.18. The van der Waals surface area contributed by atoms with Crippen molar-refractivity contribution in [3.05, 3.63) is 29.6 Å². The smallest absolute Gasteiger partial charge is 0.320 e. The van der Waals surface area contributed by atoms with Crippen molar-refractivity contribution in [3.63, 3.8) is 0 Å². The maximum atomic E-state index is 12.2. The zero-order valence-electron chi connectivity index (χ0n) is 7.73. The molecule has 1 rings (SSSR count). The minimum Gasteiger partial charge on any atom is -0.480 e. The minimum absolute atomic E-state index is 0.0596. The van der Waals surface area contributed by atoms with Gasteiger partial charge in [-0.25, -0.2) is 8.78 Å². The van der Waals surface area contributed by atoms with E-state index in [-0.39, 0.29) is 17.8 Å². The van der Waals surface area contributed by atoms with Crippen LogP contribution in [0.4, 0.5) is 8.78 Å². The summed E-state index contributed by atoms with van der Waals surface area (Å²) >= 11 is 0. The molecule has 0 aliphatic heterocycles. The number of pyridine rings is 1. The lowest BCUT2D eigenvalue weighted by Crippen LogP contribution is -2.32. The molecular formula is C9H10F2N2O2. The monoisotopic (exact) mass is 216 g/mol. The number of carboxylic acids is 1. The summed E-state index contributed by atoms with van der Waals surface area (Å²) in [4.78, 5) is 14.0. The van der Waals surface area contributed by atoms with Crippen molar-refractivity contribution in [1.82, 2.24) is 4.98 Å². The van der Waals surface area contributed by atoms with Gasteiger partial charge in [0.25, 0.3) is 6.43 Å². The standard InChI is InChI=1S/C9H10F2N2O2/c10-8(11)7-3-1-2-5(13-7)4-6(12)9(14)15/h1-3,6,8H,4,12H2,(H,14,15).